The fourth-order valence-corrected chi connectivity index (χ4v) is 7.33. The average molecular weight is 720 g/mol. The molecule has 4 aromatic rings. The highest BCUT2D eigenvalue weighted by Gasteiger charge is 2.41. The Morgan fingerprint density at radius 1 is 0.868 bits per heavy atom. The van der Waals surface area contributed by atoms with E-state index >= 15 is 0 Å². The predicted molar refractivity (Wildman–Crippen MR) is 196 cm³/mol. The zero-order valence-electron chi connectivity index (χ0n) is 29.7. The summed E-state index contributed by atoms with van der Waals surface area (Å²) in [6.45, 7) is 4.33. The van der Waals surface area contributed by atoms with E-state index in [9.17, 15) is 24.6 Å². The Kier molecular flexibility index (Phi) is 11.3. The molecule has 11 nitrogen and oxygen atoms in total. The van der Waals surface area contributed by atoms with Crippen LogP contribution in [0.5, 0.6) is 0 Å². The first-order chi connectivity index (χ1) is 25.7. The Morgan fingerprint density at radius 3 is 2.34 bits per heavy atom. The third-order valence-corrected chi connectivity index (χ3v) is 10.3. The third kappa shape index (κ3) is 8.67. The molecule has 3 amide bonds. The van der Waals surface area contributed by atoms with Gasteiger partial charge in [0.15, 0.2) is 6.29 Å². The number of hydrogen-bond acceptors (Lipinski definition) is 9. The van der Waals surface area contributed by atoms with Gasteiger partial charge < -0.3 is 29.7 Å². The van der Waals surface area contributed by atoms with Gasteiger partial charge in [0.1, 0.15) is 12.6 Å². The highest BCUT2D eigenvalue weighted by molar-refractivity contribution is 6.06. The van der Waals surface area contributed by atoms with E-state index in [1.54, 1.807) is 0 Å². The average Bonchev–Trinajstić information content (AvgIpc) is 3.71. The molecule has 3 aliphatic rings. The van der Waals surface area contributed by atoms with Crippen LogP contribution in [0.2, 0.25) is 0 Å². The smallest absolute Gasteiger partial charge is 0.408 e. The number of aliphatic hydroxyl groups excluding tert-OH is 2. The van der Waals surface area contributed by atoms with E-state index in [0.29, 0.717) is 13.1 Å². The van der Waals surface area contributed by atoms with Crippen LogP contribution in [0.15, 0.2) is 103 Å². The van der Waals surface area contributed by atoms with Crippen molar-refractivity contribution in [3.8, 4) is 11.1 Å². The third-order valence-electron chi connectivity index (χ3n) is 10.3. The Hall–Kier alpha value is -4.91. The van der Waals surface area contributed by atoms with Gasteiger partial charge in [-0.05, 0) is 51.9 Å². The van der Waals surface area contributed by atoms with Crippen LogP contribution in [-0.4, -0.2) is 75.8 Å². The van der Waals surface area contributed by atoms with Crippen molar-refractivity contribution in [3.05, 3.63) is 131 Å². The number of aliphatic hydroxyl groups is 2. The molecular formula is C42H45N3O8. The fraction of sp³-hybridized carbons (Fsp3) is 0.357. The minimum Gasteiger partial charge on any atom is -0.445 e. The molecule has 6 unspecified atom stereocenters. The van der Waals surface area contributed by atoms with Crippen molar-refractivity contribution in [2.24, 2.45) is 5.92 Å². The van der Waals surface area contributed by atoms with E-state index in [2.05, 4.69) is 17.1 Å². The van der Waals surface area contributed by atoms with Crippen molar-refractivity contribution in [3.63, 3.8) is 0 Å². The fourth-order valence-electron chi connectivity index (χ4n) is 7.33. The number of ether oxygens (including phenoxy) is 3. The van der Waals surface area contributed by atoms with Crippen molar-refractivity contribution >= 4 is 17.9 Å². The number of nitrogens with zero attached hydrogens (tertiary/aromatic N) is 2. The molecule has 0 aromatic heterocycles. The zero-order valence-corrected chi connectivity index (χ0v) is 29.7. The SMILES string of the molecule is CC1C(CN2CCC(O)C2)OC(c2cccc(-c3cccc(CN4C(=O)CC(NC(=O)OCc5ccccc5)C4=O)c3)c2)OC1c1ccc(CO)cc1. The highest BCUT2D eigenvalue weighted by atomic mass is 16.7. The molecule has 11 heteroatoms. The van der Waals surface area contributed by atoms with Gasteiger partial charge in [0.25, 0.3) is 5.91 Å². The monoisotopic (exact) mass is 719 g/mol. The van der Waals surface area contributed by atoms with Crippen LogP contribution in [-0.2, 0) is 43.6 Å². The van der Waals surface area contributed by atoms with Crippen molar-refractivity contribution in [1.82, 2.24) is 15.1 Å². The number of imide groups is 1. The first-order valence-corrected chi connectivity index (χ1v) is 18.2. The van der Waals surface area contributed by atoms with Crippen molar-refractivity contribution in [1.29, 1.82) is 0 Å². The van der Waals surface area contributed by atoms with E-state index < -0.39 is 24.3 Å². The largest absolute Gasteiger partial charge is 0.445 e. The molecule has 0 bridgehead atoms. The minimum absolute atomic E-state index is 0.0228. The highest BCUT2D eigenvalue weighted by Crippen LogP contribution is 2.42. The number of nitrogens with one attached hydrogen (secondary N) is 1. The summed E-state index contributed by atoms with van der Waals surface area (Å²) in [7, 11) is 0. The summed E-state index contributed by atoms with van der Waals surface area (Å²) in [6.07, 6.45) is -1.54. The molecule has 3 N–H and O–H groups in total. The molecule has 3 saturated heterocycles. The van der Waals surface area contributed by atoms with Gasteiger partial charge in [0.2, 0.25) is 5.91 Å². The number of β-amino-alcohol motifs (C(OH)–C–C–N with tert-alkyl or cyclic N) is 1. The van der Waals surface area contributed by atoms with Gasteiger partial charge in [-0.15, -0.1) is 0 Å². The number of alkyl carbamates (subject to hydrolysis) is 1. The maximum Gasteiger partial charge on any atom is 0.408 e. The van der Waals surface area contributed by atoms with E-state index in [1.807, 2.05) is 103 Å². The van der Waals surface area contributed by atoms with Gasteiger partial charge in [0, 0.05) is 31.1 Å². The first-order valence-electron chi connectivity index (χ1n) is 18.2. The number of rotatable bonds is 11. The molecule has 6 atom stereocenters. The second-order valence-electron chi connectivity index (χ2n) is 14.1. The van der Waals surface area contributed by atoms with Crippen LogP contribution in [0.25, 0.3) is 11.1 Å². The molecule has 3 aliphatic heterocycles. The van der Waals surface area contributed by atoms with Gasteiger partial charge in [-0.25, -0.2) is 4.79 Å². The van der Waals surface area contributed by atoms with E-state index in [-0.39, 0.29) is 56.3 Å². The maximum atomic E-state index is 13.2. The summed E-state index contributed by atoms with van der Waals surface area (Å²) in [6, 6.07) is 31.7. The molecule has 53 heavy (non-hydrogen) atoms. The lowest BCUT2D eigenvalue weighted by Crippen LogP contribution is -2.44. The molecule has 0 aliphatic carbocycles. The molecule has 3 fully saturated rings. The number of carbonyl (C=O) groups excluding carboxylic acids is 3. The summed E-state index contributed by atoms with van der Waals surface area (Å²) in [5.74, 6) is -0.817. The Morgan fingerprint density at radius 2 is 1.60 bits per heavy atom. The molecule has 0 radical (unpaired) electrons. The minimum atomic E-state index is -0.986. The summed E-state index contributed by atoms with van der Waals surface area (Å²) >= 11 is 0. The molecule has 0 saturated carbocycles. The van der Waals surface area contributed by atoms with E-state index in [1.165, 1.54) is 4.90 Å². The summed E-state index contributed by atoms with van der Waals surface area (Å²) in [4.78, 5) is 42.0. The standard InChI is InChI=1S/C42H45N3O8/c1-27-37(24-44-18-17-35(47)23-44)52-41(53-39(27)31-15-13-28(25-46)14-16-31)34-12-6-11-33(20-34)32-10-5-9-30(19-32)22-45-38(48)21-36(40(45)49)43-42(50)51-26-29-7-3-2-4-8-29/h2-16,19-20,27,35-37,39,41,46-47H,17-18,21-26H2,1H3,(H,43,50). The summed E-state index contributed by atoms with van der Waals surface area (Å²) < 4.78 is 18.6. The van der Waals surface area contributed by atoms with Gasteiger partial charge >= 0.3 is 6.09 Å². The van der Waals surface area contributed by atoms with Crippen LogP contribution in [0.4, 0.5) is 4.79 Å². The Labute approximate surface area is 309 Å². The van der Waals surface area contributed by atoms with E-state index in [0.717, 1.165) is 51.9 Å². The van der Waals surface area contributed by atoms with Gasteiger partial charge in [-0.2, -0.15) is 0 Å². The molecule has 3 heterocycles. The Balaban J connectivity index is 1.04. The van der Waals surface area contributed by atoms with E-state index in [4.69, 9.17) is 14.2 Å². The number of likely N-dealkylation sites (tertiary alicyclic amines) is 2. The van der Waals surface area contributed by atoms with Crippen molar-refractivity contribution < 1.29 is 38.8 Å². The quantitative estimate of drug-likeness (QED) is 0.177. The number of carbonyl (C=O) groups is 3. The summed E-state index contributed by atoms with van der Waals surface area (Å²) in [5, 5.41) is 22.3. The van der Waals surface area contributed by atoms with Crippen LogP contribution in [0.1, 0.15) is 60.0 Å². The van der Waals surface area contributed by atoms with Crippen LogP contribution in [0.3, 0.4) is 0 Å². The van der Waals surface area contributed by atoms with Gasteiger partial charge in [-0.3, -0.25) is 19.4 Å². The molecule has 4 aromatic carbocycles. The number of hydrogen-bond donors (Lipinski definition) is 3. The first kappa shape index (κ1) is 36.4. The predicted octanol–water partition coefficient (Wildman–Crippen LogP) is 5.26. The normalized spacial score (nSPS) is 24.8. The summed E-state index contributed by atoms with van der Waals surface area (Å²) in [5.41, 5.74) is 6.07. The lowest BCUT2D eigenvalue weighted by molar-refractivity contribution is -0.276. The van der Waals surface area contributed by atoms with Crippen LogP contribution >= 0.6 is 0 Å². The second kappa shape index (κ2) is 16.4. The number of amides is 3. The molecule has 7 rings (SSSR count). The number of benzene rings is 4. The molecule has 276 valence electrons. The van der Waals surface area contributed by atoms with Crippen LogP contribution < -0.4 is 5.32 Å². The van der Waals surface area contributed by atoms with Crippen LogP contribution in [0, 0.1) is 5.92 Å². The zero-order chi connectivity index (χ0) is 36.9. The molecular weight excluding hydrogens is 674 g/mol. The maximum absolute atomic E-state index is 13.2. The lowest BCUT2D eigenvalue weighted by Gasteiger charge is -2.42. The van der Waals surface area contributed by atoms with Gasteiger partial charge in [0.05, 0.1) is 37.9 Å². The topological polar surface area (TPSA) is 138 Å². The lowest BCUT2D eigenvalue weighted by atomic mass is 9.90. The molecule has 0 spiro atoms. The van der Waals surface area contributed by atoms with Gasteiger partial charge in [-0.1, -0.05) is 97.9 Å². The van der Waals surface area contributed by atoms with Crippen molar-refractivity contribution in [2.45, 2.75) is 70.2 Å². The van der Waals surface area contributed by atoms with Crippen molar-refractivity contribution in [2.75, 3.05) is 19.6 Å². The Bertz CT molecular complexity index is 1900. The second-order valence-corrected chi connectivity index (χ2v) is 14.1.